The number of thiophene rings is 1. The maximum Gasteiger partial charge on any atom is 0.255 e. The number of fused-ring (bicyclic) bond motifs is 2. The van der Waals surface area contributed by atoms with Crippen molar-refractivity contribution in [2.24, 2.45) is 7.05 Å². The van der Waals surface area contributed by atoms with Gasteiger partial charge in [-0.25, -0.2) is 4.98 Å². The van der Waals surface area contributed by atoms with Gasteiger partial charge in [0, 0.05) is 35.6 Å². The van der Waals surface area contributed by atoms with Crippen molar-refractivity contribution in [3.63, 3.8) is 0 Å². The molecule has 4 aromatic rings. The van der Waals surface area contributed by atoms with Crippen LogP contribution in [0.5, 0.6) is 0 Å². The minimum absolute atomic E-state index is 0.187. The summed E-state index contributed by atoms with van der Waals surface area (Å²) in [5.41, 5.74) is 3.19. The fraction of sp³-hybridized carbons (Fsp3) is 0.231. The van der Waals surface area contributed by atoms with E-state index < -0.39 is 11.9 Å². The van der Waals surface area contributed by atoms with Crippen molar-refractivity contribution >= 4 is 39.6 Å². The van der Waals surface area contributed by atoms with Crippen LogP contribution in [-0.2, 0) is 23.2 Å². The normalized spacial score (nSPS) is 13.8. The summed E-state index contributed by atoms with van der Waals surface area (Å²) in [5.74, 6) is 0.256. The second-order valence-corrected chi connectivity index (χ2v) is 9.53. The highest BCUT2D eigenvalue weighted by molar-refractivity contribution is 7.22. The van der Waals surface area contributed by atoms with Gasteiger partial charge in [0.15, 0.2) is 5.82 Å². The smallest absolute Gasteiger partial charge is 0.255 e. The second-order valence-electron chi connectivity index (χ2n) is 8.45. The molecule has 3 amide bonds. The van der Waals surface area contributed by atoms with Crippen LogP contribution in [0.15, 0.2) is 54.7 Å². The second kappa shape index (κ2) is 8.87. The number of nitrogens with zero attached hydrogens (tertiary/aromatic N) is 3. The molecule has 2 aromatic carbocycles. The minimum Gasteiger partial charge on any atom is -0.333 e. The Hall–Kier alpha value is -3.78. The van der Waals surface area contributed by atoms with E-state index in [4.69, 9.17) is 4.98 Å². The maximum absolute atomic E-state index is 13.0. The third kappa shape index (κ3) is 3.80. The molecule has 1 aliphatic heterocycles. The third-order valence-corrected chi connectivity index (χ3v) is 7.31. The first-order valence-corrected chi connectivity index (χ1v) is 12.0. The monoisotopic (exact) mass is 472 g/mol. The number of aromatic nitrogens is 2. The van der Waals surface area contributed by atoms with Gasteiger partial charge in [0.25, 0.3) is 5.91 Å². The minimum atomic E-state index is -0.673. The molecule has 34 heavy (non-hydrogen) atoms. The largest absolute Gasteiger partial charge is 0.333 e. The molecule has 0 fully saturated rings. The van der Waals surface area contributed by atoms with Crippen molar-refractivity contribution in [1.29, 1.82) is 0 Å². The van der Waals surface area contributed by atoms with Gasteiger partial charge in [-0.2, -0.15) is 0 Å². The van der Waals surface area contributed by atoms with E-state index in [-0.39, 0.29) is 5.91 Å². The number of aryl methyl sites for hydroxylation is 1. The van der Waals surface area contributed by atoms with Crippen molar-refractivity contribution in [1.82, 2.24) is 19.8 Å². The summed E-state index contributed by atoms with van der Waals surface area (Å²) in [7, 11) is 1.98. The van der Waals surface area contributed by atoms with E-state index in [1.807, 2.05) is 49.0 Å². The lowest BCUT2D eigenvalue weighted by Crippen LogP contribution is -2.46. The van der Waals surface area contributed by atoms with Crippen LogP contribution in [0.25, 0.3) is 32.0 Å². The van der Waals surface area contributed by atoms with Crippen molar-refractivity contribution in [2.75, 3.05) is 0 Å². The van der Waals surface area contributed by atoms with Crippen LogP contribution in [-0.4, -0.2) is 38.7 Å². The molecule has 1 atom stereocenters. The Balaban J connectivity index is 1.45. The molecule has 0 aliphatic carbocycles. The molecule has 1 unspecified atom stereocenters. The number of hydrogen-bond acceptors (Lipinski definition) is 5. The Kier molecular flexibility index (Phi) is 5.75. The van der Waals surface area contributed by atoms with Gasteiger partial charge in [-0.05, 0) is 41.6 Å². The van der Waals surface area contributed by atoms with Crippen LogP contribution in [0.4, 0.5) is 0 Å². The highest BCUT2D eigenvalue weighted by atomic mass is 32.1. The average Bonchev–Trinajstić information content (AvgIpc) is 3.52. The molecule has 8 heteroatoms. The molecule has 5 rings (SSSR count). The number of imidazole rings is 1. The van der Waals surface area contributed by atoms with Crippen molar-refractivity contribution in [3.05, 3.63) is 65.9 Å². The zero-order valence-electron chi connectivity index (χ0n) is 18.9. The zero-order chi connectivity index (χ0) is 23.8. The molecule has 0 saturated carbocycles. The van der Waals surface area contributed by atoms with Crippen LogP contribution in [0, 0.1) is 0 Å². The standard InChI is InChI=1S/C26H24N4O3S/c1-3-6-21(25(32)27-15-31)30-13-18-11-16(9-10-19(18)26(30)33)20-14-29(2)24(28-20)23-12-17-7-4-5-8-22(17)34-23/h4-5,7-12,14-15,21H,3,6,13H2,1-2H3,(H,27,31,32). The SMILES string of the molecule is CCCC(C(=O)NC=O)N1Cc2cc(-c3cn(C)c(-c4cc5ccccc5s4)n3)ccc2C1=O. The van der Waals surface area contributed by atoms with Crippen LogP contribution >= 0.6 is 11.3 Å². The molecule has 2 aromatic heterocycles. The van der Waals surface area contributed by atoms with Crippen molar-refractivity contribution in [2.45, 2.75) is 32.4 Å². The Labute approximate surface area is 201 Å². The van der Waals surface area contributed by atoms with E-state index in [2.05, 4.69) is 23.5 Å². The summed E-state index contributed by atoms with van der Waals surface area (Å²) < 4.78 is 3.24. The fourth-order valence-corrected chi connectivity index (χ4v) is 5.63. The molecule has 3 heterocycles. The number of benzene rings is 2. The Morgan fingerprint density at radius 1 is 1.24 bits per heavy atom. The average molecular weight is 473 g/mol. The lowest BCUT2D eigenvalue weighted by atomic mass is 10.0. The zero-order valence-corrected chi connectivity index (χ0v) is 19.8. The first-order chi connectivity index (χ1) is 16.5. The molecule has 0 radical (unpaired) electrons. The summed E-state index contributed by atoms with van der Waals surface area (Å²) in [5, 5.41) is 3.40. The Morgan fingerprint density at radius 2 is 2.06 bits per heavy atom. The van der Waals surface area contributed by atoms with Gasteiger partial charge in [0.1, 0.15) is 6.04 Å². The van der Waals surface area contributed by atoms with Gasteiger partial charge in [0.05, 0.1) is 10.6 Å². The number of carbonyl (C=O) groups is 3. The van der Waals surface area contributed by atoms with E-state index in [0.717, 1.165) is 33.9 Å². The number of hydrogen-bond donors (Lipinski definition) is 1. The molecule has 172 valence electrons. The van der Waals surface area contributed by atoms with E-state index in [9.17, 15) is 14.4 Å². The summed E-state index contributed by atoms with van der Waals surface area (Å²) in [6.07, 6.45) is 3.57. The molecule has 1 aliphatic rings. The first kappa shape index (κ1) is 22.0. The number of amides is 3. The molecule has 7 nitrogen and oxygen atoms in total. The summed E-state index contributed by atoms with van der Waals surface area (Å²) >= 11 is 1.71. The molecule has 0 spiro atoms. The van der Waals surface area contributed by atoms with Gasteiger partial charge in [-0.15, -0.1) is 11.3 Å². The van der Waals surface area contributed by atoms with E-state index >= 15 is 0 Å². The highest BCUT2D eigenvalue weighted by Crippen LogP contribution is 2.35. The Bertz CT molecular complexity index is 1390. The van der Waals surface area contributed by atoms with Crippen LogP contribution in [0.3, 0.4) is 0 Å². The lowest BCUT2D eigenvalue weighted by molar-refractivity contribution is -0.129. The van der Waals surface area contributed by atoms with Crippen LogP contribution in [0.2, 0.25) is 0 Å². The van der Waals surface area contributed by atoms with Crippen molar-refractivity contribution < 1.29 is 14.4 Å². The summed E-state index contributed by atoms with van der Waals surface area (Å²) in [4.78, 5) is 43.8. The molecule has 1 N–H and O–H groups in total. The van der Waals surface area contributed by atoms with Crippen molar-refractivity contribution in [3.8, 4) is 22.0 Å². The lowest BCUT2D eigenvalue weighted by Gasteiger charge is -2.25. The summed E-state index contributed by atoms with van der Waals surface area (Å²) in [6, 6.07) is 15.4. The number of imide groups is 1. The number of nitrogens with one attached hydrogen (secondary N) is 1. The first-order valence-electron chi connectivity index (χ1n) is 11.2. The molecule has 0 bridgehead atoms. The topological polar surface area (TPSA) is 84.3 Å². The fourth-order valence-electron chi connectivity index (χ4n) is 4.54. The number of carbonyl (C=O) groups excluding carboxylic acids is 3. The molecule has 0 saturated heterocycles. The van der Waals surface area contributed by atoms with E-state index in [1.54, 1.807) is 22.3 Å². The van der Waals surface area contributed by atoms with Gasteiger partial charge in [-0.3, -0.25) is 19.7 Å². The van der Waals surface area contributed by atoms with Crippen LogP contribution < -0.4 is 5.32 Å². The predicted octanol–water partition coefficient (Wildman–Crippen LogP) is 4.37. The number of rotatable bonds is 7. The quantitative estimate of drug-likeness (QED) is 0.405. The predicted molar refractivity (Wildman–Crippen MR) is 132 cm³/mol. The third-order valence-electron chi connectivity index (χ3n) is 6.20. The van der Waals surface area contributed by atoms with Crippen LogP contribution in [0.1, 0.15) is 35.7 Å². The Morgan fingerprint density at radius 3 is 2.82 bits per heavy atom. The van der Waals surface area contributed by atoms with Gasteiger partial charge >= 0.3 is 0 Å². The van der Waals surface area contributed by atoms with E-state index in [0.29, 0.717) is 24.9 Å². The van der Waals surface area contributed by atoms with Gasteiger partial charge in [-0.1, -0.05) is 37.6 Å². The van der Waals surface area contributed by atoms with Gasteiger partial charge in [0.2, 0.25) is 12.3 Å². The maximum atomic E-state index is 13.0. The van der Waals surface area contributed by atoms with E-state index in [1.165, 1.54) is 10.1 Å². The van der Waals surface area contributed by atoms with Gasteiger partial charge < -0.3 is 9.47 Å². The summed E-state index contributed by atoms with van der Waals surface area (Å²) in [6.45, 7) is 2.27. The molecular weight excluding hydrogens is 448 g/mol. The highest BCUT2D eigenvalue weighted by Gasteiger charge is 2.36. The molecular formula is C26H24N4O3S.